The average molecular weight is 439 g/mol. The van der Waals surface area contributed by atoms with Gasteiger partial charge in [0, 0.05) is 46.2 Å². The average Bonchev–Trinajstić information content (AvgIpc) is 3.41. The van der Waals surface area contributed by atoms with Crippen LogP contribution in [0.2, 0.25) is 5.02 Å². The Morgan fingerprint density at radius 1 is 1.10 bits per heavy atom. The van der Waals surface area contributed by atoms with Crippen molar-refractivity contribution in [2.75, 3.05) is 0 Å². The molecule has 2 heterocycles. The molecule has 0 aliphatic rings. The quantitative estimate of drug-likeness (QED) is 0.260. The van der Waals surface area contributed by atoms with Gasteiger partial charge in [0.1, 0.15) is 5.76 Å². The fourth-order valence-corrected chi connectivity index (χ4v) is 3.55. The minimum Gasteiger partial charge on any atom is -0.361 e. The monoisotopic (exact) mass is 438 g/mol. The molecule has 0 radical (unpaired) electrons. The highest BCUT2D eigenvalue weighted by molar-refractivity contribution is 6.30. The van der Waals surface area contributed by atoms with Crippen LogP contribution in [0.25, 0.3) is 10.9 Å². The van der Waals surface area contributed by atoms with Crippen molar-refractivity contribution in [3.05, 3.63) is 88.4 Å². The first kappa shape index (κ1) is 20.6. The Balaban J connectivity index is 1.58. The Morgan fingerprint density at radius 3 is 2.65 bits per heavy atom. The van der Waals surface area contributed by atoms with Crippen molar-refractivity contribution < 1.29 is 19.3 Å². The van der Waals surface area contributed by atoms with Crippen LogP contribution in [0, 0.1) is 0 Å². The number of amides is 2. The first-order valence-electron chi connectivity index (χ1n) is 9.55. The molecule has 4 rings (SSSR count). The molecule has 31 heavy (non-hydrogen) atoms. The fraction of sp³-hybridized carbons (Fsp3) is 0.136. The zero-order chi connectivity index (χ0) is 21.8. The van der Waals surface area contributed by atoms with E-state index in [0.29, 0.717) is 29.2 Å². The van der Waals surface area contributed by atoms with Gasteiger partial charge in [-0.3, -0.25) is 14.8 Å². The van der Waals surface area contributed by atoms with E-state index in [9.17, 15) is 9.59 Å². The summed E-state index contributed by atoms with van der Waals surface area (Å²) in [6, 6.07) is 15.6. The van der Waals surface area contributed by atoms with Crippen LogP contribution < -0.4 is 10.8 Å². The first-order valence-corrected chi connectivity index (χ1v) is 9.92. The molecule has 0 aliphatic carbocycles. The third-order valence-electron chi connectivity index (χ3n) is 4.92. The van der Waals surface area contributed by atoms with Gasteiger partial charge in [-0.2, -0.15) is 0 Å². The number of halogens is 1. The number of H-pyrrole nitrogens is 1. The van der Waals surface area contributed by atoms with Crippen molar-refractivity contribution in [1.82, 2.24) is 20.9 Å². The van der Waals surface area contributed by atoms with Gasteiger partial charge in [-0.05, 0) is 42.3 Å². The van der Waals surface area contributed by atoms with E-state index in [1.54, 1.807) is 24.3 Å². The molecule has 4 aromatic rings. The van der Waals surface area contributed by atoms with E-state index in [4.69, 9.17) is 21.3 Å². The molecule has 0 bridgehead atoms. The van der Waals surface area contributed by atoms with Gasteiger partial charge in [-0.25, -0.2) is 5.48 Å². The lowest BCUT2D eigenvalue weighted by Crippen LogP contribution is -2.38. The molecule has 0 saturated heterocycles. The number of nitrogens with one attached hydrogen (secondary N) is 3. The summed E-state index contributed by atoms with van der Waals surface area (Å²) in [5.41, 5.74) is 3.98. The summed E-state index contributed by atoms with van der Waals surface area (Å²) in [5, 5.41) is 17.0. The first-order chi connectivity index (χ1) is 15.0. The molecule has 158 valence electrons. The number of benzene rings is 2. The highest BCUT2D eigenvalue weighted by Crippen LogP contribution is 2.21. The predicted octanol–water partition coefficient (Wildman–Crippen LogP) is 3.51. The second-order valence-corrected chi connectivity index (χ2v) is 7.50. The van der Waals surface area contributed by atoms with Crippen LogP contribution in [0.3, 0.4) is 0 Å². The van der Waals surface area contributed by atoms with Gasteiger partial charge in [0.05, 0.1) is 0 Å². The smallest absolute Gasteiger partial charge is 0.296 e. The number of hydrogen-bond acceptors (Lipinski definition) is 5. The highest BCUT2D eigenvalue weighted by Gasteiger charge is 2.20. The molecule has 2 aromatic carbocycles. The van der Waals surface area contributed by atoms with Crippen LogP contribution in [-0.2, 0) is 12.8 Å². The van der Waals surface area contributed by atoms with Crippen LogP contribution >= 0.6 is 11.6 Å². The fourth-order valence-electron chi connectivity index (χ4n) is 3.43. The maximum absolute atomic E-state index is 12.8. The summed E-state index contributed by atoms with van der Waals surface area (Å²) in [6.45, 7) is 0. The predicted molar refractivity (Wildman–Crippen MR) is 114 cm³/mol. The number of hydroxylamine groups is 1. The van der Waals surface area contributed by atoms with E-state index in [2.05, 4.69) is 15.5 Å². The Hall–Kier alpha value is -3.62. The minimum absolute atomic E-state index is 0.0487. The molecule has 1 unspecified atom stereocenters. The topological polar surface area (TPSA) is 120 Å². The summed E-state index contributed by atoms with van der Waals surface area (Å²) in [4.78, 5) is 27.6. The zero-order valence-corrected chi connectivity index (χ0v) is 17.0. The summed E-state index contributed by atoms with van der Waals surface area (Å²) < 4.78 is 5.23. The number of carbonyl (C=O) groups is 2. The lowest BCUT2D eigenvalue weighted by molar-refractivity contribution is 0.0696. The Kier molecular flexibility index (Phi) is 6.01. The third-order valence-corrected chi connectivity index (χ3v) is 5.18. The standard InChI is InChI=1S/C22H19ClN4O4/c23-15-7-5-13(6-8-15)21(28)25-16(10-17-11-20(27-31-17)22(29)26-30)9-14-12-24-19-4-2-1-3-18(14)19/h1-8,11-12,16,24,30H,9-10H2,(H,25,28)(H,26,29). The van der Waals surface area contributed by atoms with Crippen molar-refractivity contribution in [3.8, 4) is 0 Å². The number of hydrogen-bond donors (Lipinski definition) is 4. The van der Waals surface area contributed by atoms with Crippen LogP contribution in [0.4, 0.5) is 0 Å². The Morgan fingerprint density at radius 2 is 1.87 bits per heavy atom. The van der Waals surface area contributed by atoms with Crippen molar-refractivity contribution in [2.24, 2.45) is 0 Å². The molecular formula is C22H19ClN4O4. The number of para-hydroxylation sites is 1. The largest absolute Gasteiger partial charge is 0.361 e. The van der Waals surface area contributed by atoms with E-state index in [1.165, 1.54) is 11.5 Å². The maximum Gasteiger partial charge on any atom is 0.296 e. The number of rotatable bonds is 7. The van der Waals surface area contributed by atoms with E-state index >= 15 is 0 Å². The summed E-state index contributed by atoms with van der Waals surface area (Å²) in [7, 11) is 0. The zero-order valence-electron chi connectivity index (χ0n) is 16.3. The molecule has 4 N–H and O–H groups in total. The molecular weight excluding hydrogens is 420 g/mol. The highest BCUT2D eigenvalue weighted by atomic mass is 35.5. The van der Waals surface area contributed by atoms with Gasteiger partial charge in [0.25, 0.3) is 11.8 Å². The molecule has 0 fully saturated rings. The van der Waals surface area contributed by atoms with Gasteiger partial charge in [0.2, 0.25) is 0 Å². The Bertz CT molecular complexity index is 1220. The van der Waals surface area contributed by atoms with Crippen molar-refractivity contribution >= 4 is 34.3 Å². The Labute approximate surface area is 182 Å². The van der Waals surface area contributed by atoms with E-state index in [1.807, 2.05) is 30.5 Å². The number of nitrogens with zero attached hydrogens (tertiary/aromatic N) is 1. The molecule has 2 aromatic heterocycles. The molecule has 0 spiro atoms. The molecule has 9 heteroatoms. The number of aromatic amines is 1. The van der Waals surface area contributed by atoms with Gasteiger partial charge in [-0.15, -0.1) is 0 Å². The van der Waals surface area contributed by atoms with Crippen LogP contribution in [0.1, 0.15) is 32.2 Å². The molecule has 0 saturated carbocycles. The third kappa shape index (κ3) is 4.76. The second-order valence-electron chi connectivity index (χ2n) is 7.06. The van der Waals surface area contributed by atoms with Gasteiger partial charge in [0.15, 0.2) is 5.69 Å². The van der Waals surface area contributed by atoms with E-state index in [0.717, 1.165) is 16.5 Å². The second kappa shape index (κ2) is 9.03. The minimum atomic E-state index is -0.770. The van der Waals surface area contributed by atoms with Gasteiger partial charge >= 0.3 is 0 Å². The molecule has 1 atom stereocenters. The van der Waals surface area contributed by atoms with E-state index in [-0.39, 0.29) is 17.6 Å². The van der Waals surface area contributed by atoms with Crippen molar-refractivity contribution in [1.29, 1.82) is 0 Å². The van der Waals surface area contributed by atoms with Crippen molar-refractivity contribution in [2.45, 2.75) is 18.9 Å². The lowest BCUT2D eigenvalue weighted by Gasteiger charge is -2.17. The normalized spacial score (nSPS) is 11.9. The van der Waals surface area contributed by atoms with E-state index < -0.39 is 5.91 Å². The lowest BCUT2D eigenvalue weighted by atomic mass is 10.0. The molecule has 2 amide bonds. The maximum atomic E-state index is 12.8. The summed E-state index contributed by atoms with van der Waals surface area (Å²) in [6.07, 6.45) is 2.73. The van der Waals surface area contributed by atoms with Gasteiger partial charge in [-0.1, -0.05) is 35.0 Å². The van der Waals surface area contributed by atoms with Crippen LogP contribution in [0.15, 0.2) is 65.3 Å². The van der Waals surface area contributed by atoms with Crippen LogP contribution in [0.5, 0.6) is 0 Å². The summed E-state index contributed by atoms with van der Waals surface area (Å²) in [5.74, 6) is -0.623. The number of fused-ring (bicyclic) bond motifs is 1. The van der Waals surface area contributed by atoms with Gasteiger partial charge < -0.3 is 14.8 Å². The molecule has 0 aliphatic heterocycles. The summed E-state index contributed by atoms with van der Waals surface area (Å²) >= 11 is 5.91. The SMILES string of the molecule is O=C(NC(Cc1cc(C(=O)NO)no1)Cc1c[nH]c2ccccc12)c1ccc(Cl)cc1. The molecule has 8 nitrogen and oxygen atoms in total. The number of aromatic nitrogens is 2. The van der Waals surface area contributed by atoms with Crippen molar-refractivity contribution in [3.63, 3.8) is 0 Å². The van der Waals surface area contributed by atoms with Crippen LogP contribution in [-0.4, -0.2) is 33.2 Å². The number of carbonyl (C=O) groups excluding carboxylic acids is 2.